The van der Waals surface area contributed by atoms with Gasteiger partial charge in [-0.3, -0.25) is 0 Å². The van der Waals surface area contributed by atoms with Crippen LogP contribution in [0.15, 0.2) is 24.3 Å². The van der Waals surface area contributed by atoms with Crippen molar-refractivity contribution < 1.29 is 0 Å². The third-order valence-electron chi connectivity index (χ3n) is 4.10. The fourth-order valence-electron chi connectivity index (χ4n) is 2.53. The van der Waals surface area contributed by atoms with Gasteiger partial charge in [-0.1, -0.05) is 12.1 Å². The van der Waals surface area contributed by atoms with Crippen LogP contribution in [0.3, 0.4) is 0 Å². The fraction of sp³-hybridized carbons (Fsp3) is 0.474. The minimum Gasteiger partial charge on any atom is -0.350 e. The summed E-state index contributed by atoms with van der Waals surface area (Å²) in [7, 11) is 0. The van der Waals surface area contributed by atoms with Crippen LogP contribution in [0.1, 0.15) is 56.4 Å². The van der Waals surface area contributed by atoms with Crippen LogP contribution in [0.2, 0.25) is 0 Å². The number of benzene rings is 1. The van der Waals surface area contributed by atoms with Crippen LogP contribution in [0.4, 0.5) is 17.5 Å². The molecule has 4 heteroatoms. The monoisotopic (exact) mass is 310 g/mol. The van der Waals surface area contributed by atoms with E-state index < -0.39 is 0 Å². The van der Waals surface area contributed by atoms with Crippen LogP contribution in [-0.2, 0) is 0 Å². The van der Waals surface area contributed by atoms with E-state index in [1.807, 2.05) is 0 Å². The predicted octanol–water partition coefficient (Wildman–Crippen LogP) is 4.92. The highest BCUT2D eigenvalue weighted by Gasteiger charge is 2.26. The van der Waals surface area contributed by atoms with Crippen LogP contribution in [0.25, 0.3) is 0 Å². The average molecular weight is 310 g/mol. The van der Waals surface area contributed by atoms with Gasteiger partial charge in [-0.05, 0) is 64.7 Å². The van der Waals surface area contributed by atoms with E-state index in [1.54, 1.807) is 0 Å². The molecular weight excluding hydrogens is 284 g/mol. The number of rotatable bonds is 4. The average Bonchev–Trinajstić information content (AvgIpc) is 3.26. The van der Waals surface area contributed by atoms with Crippen molar-refractivity contribution >= 4 is 17.5 Å². The summed E-state index contributed by atoms with van der Waals surface area (Å²) < 4.78 is 0. The van der Waals surface area contributed by atoms with Gasteiger partial charge in [0.05, 0.1) is 5.69 Å². The molecule has 0 aliphatic heterocycles. The predicted molar refractivity (Wildman–Crippen MR) is 96.6 cm³/mol. The molecule has 0 unspecified atom stereocenters. The minimum absolute atomic E-state index is 0.0568. The van der Waals surface area contributed by atoms with Gasteiger partial charge < -0.3 is 10.6 Å². The lowest BCUT2D eigenvalue weighted by atomic mass is 10.1. The number of aryl methyl sites for hydroxylation is 1. The maximum atomic E-state index is 4.70. The number of nitrogens with zero attached hydrogens (tertiary/aromatic N) is 2. The van der Waals surface area contributed by atoms with E-state index in [2.05, 4.69) is 74.5 Å². The van der Waals surface area contributed by atoms with Crippen molar-refractivity contribution in [1.82, 2.24) is 9.97 Å². The molecule has 0 spiro atoms. The molecule has 1 aromatic carbocycles. The van der Waals surface area contributed by atoms with E-state index in [0.717, 1.165) is 17.2 Å². The number of aromatic nitrogens is 2. The summed E-state index contributed by atoms with van der Waals surface area (Å²) in [5.41, 5.74) is 4.72. The van der Waals surface area contributed by atoms with Gasteiger partial charge in [0.2, 0.25) is 5.95 Å². The van der Waals surface area contributed by atoms with Crippen molar-refractivity contribution in [1.29, 1.82) is 0 Å². The molecule has 1 aromatic heterocycles. The lowest BCUT2D eigenvalue weighted by Gasteiger charge is -2.21. The van der Waals surface area contributed by atoms with E-state index in [9.17, 15) is 0 Å². The Morgan fingerprint density at radius 1 is 1.09 bits per heavy atom. The van der Waals surface area contributed by atoms with Gasteiger partial charge in [0.15, 0.2) is 0 Å². The first-order valence-corrected chi connectivity index (χ1v) is 8.32. The number of nitrogens with one attached hydrogen (secondary N) is 2. The molecule has 122 valence electrons. The van der Waals surface area contributed by atoms with E-state index in [1.165, 1.54) is 24.0 Å². The topological polar surface area (TPSA) is 49.8 Å². The second-order valence-electron chi connectivity index (χ2n) is 7.52. The molecule has 23 heavy (non-hydrogen) atoms. The van der Waals surface area contributed by atoms with E-state index in [-0.39, 0.29) is 5.54 Å². The molecule has 1 aliphatic carbocycles. The summed E-state index contributed by atoms with van der Waals surface area (Å²) >= 11 is 0. The molecule has 2 N–H and O–H groups in total. The van der Waals surface area contributed by atoms with Gasteiger partial charge in [0.1, 0.15) is 5.82 Å². The molecule has 0 atom stereocenters. The van der Waals surface area contributed by atoms with E-state index >= 15 is 0 Å². The molecule has 2 aromatic rings. The van der Waals surface area contributed by atoms with Crippen molar-refractivity contribution in [2.75, 3.05) is 10.6 Å². The number of anilines is 3. The Labute approximate surface area is 138 Å². The highest BCUT2D eigenvalue weighted by Crippen LogP contribution is 2.40. The molecule has 3 rings (SSSR count). The normalized spacial score (nSPS) is 14.7. The summed E-state index contributed by atoms with van der Waals surface area (Å²) in [4.78, 5) is 9.36. The summed E-state index contributed by atoms with van der Waals surface area (Å²) in [5.74, 6) is 2.16. The van der Waals surface area contributed by atoms with Crippen molar-refractivity contribution in [3.05, 3.63) is 41.1 Å². The molecule has 1 heterocycles. The summed E-state index contributed by atoms with van der Waals surface area (Å²) in [6.07, 6.45) is 2.46. The molecule has 1 saturated carbocycles. The quantitative estimate of drug-likeness (QED) is 0.841. The summed E-state index contributed by atoms with van der Waals surface area (Å²) in [5, 5.41) is 6.87. The van der Waals surface area contributed by atoms with E-state index in [0.29, 0.717) is 11.9 Å². The van der Waals surface area contributed by atoms with Crippen LogP contribution in [0.5, 0.6) is 0 Å². The SMILES string of the molecule is Cc1cccc(Nc2cc(C3CC3)nc(NC(C)(C)C)n2)c1C. The first-order chi connectivity index (χ1) is 10.8. The zero-order valence-electron chi connectivity index (χ0n) is 14.7. The minimum atomic E-state index is -0.0568. The second-order valence-corrected chi connectivity index (χ2v) is 7.52. The highest BCUT2D eigenvalue weighted by molar-refractivity contribution is 5.63. The first-order valence-electron chi connectivity index (χ1n) is 8.32. The molecule has 1 aliphatic rings. The highest BCUT2D eigenvalue weighted by atomic mass is 15.2. The Morgan fingerprint density at radius 3 is 2.48 bits per heavy atom. The first kappa shape index (κ1) is 15.8. The van der Waals surface area contributed by atoms with Gasteiger partial charge in [-0.15, -0.1) is 0 Å². The maximum Gasteiger partial charge on any atom is 0.225 e. The second kappa shape index (κ2) is 5.84. The maximum absolute atomic E-state index is 4.70. The summed E-state index contributed by atoms with van der Waals surface area (Å²) in [6, 6.07) is 8.38. The molecule has 0 amide bonds. The van der Waals surface area contributed by atoms with Crippen molar-refractivity contribution in [3.8, 4) is 0 Å². The standard InChI is InChI=1S/C19H26N4/c1-12-7-6-8-15(13(12)2)20-17-11-16(14-9-10-14)21-18(22-17)23-19(3,4)5/h6-8,11,14H,9-10H2,1-5H3,(H2,20,21,22,23). The van der Waals surface area contributed by atoms with Gasteiger partial charge in [-0.25, -0.2) is 4.98 Å². The molecule has 0 radical (unpaired) electrons. The van der Waals surface area contributed by atoms with Crippen LogP contribution in [-0.4, -0.2) is 15.5 Å². The zero-order chi connectivity index (χ0) is 16.6. The van der Waals surface area contributed by atoms with Gasteiger partial charge in [0, 0.05) is 23.2 Å². The number of hydrogen-bond acceptors (Lipinski definition) is 4. The lowest BCUT2D eigenvalue weighted by molar-refractivity contribution is 0.625. The van der Waals surface area contributed by atoms with Crippen LogP contribution in [0, 0.1) is 13.8 Å². The van der Waals surface area contributed by atoms with Crippen molar-refractivity contribution in [2.45, 2.75) is 58.9 Å². The van der Waals surface area contributed by atoms with Crippen molar-refractivity contribution in [2.24, 2.45) is 0 Å². The molecule has 1 fully saturated rings. The molecule has 0 saturated heterocycles. The third kappa shape index (κ3) is 4.01. The Morgan fingerprint density at radius 2 is 1.83 bits per heavy atom. The third-order valence-corrected chi connectivity index (χ3v) is 4.10. The smallest absolute Gasteiger partial charge is 0.225 e. The number of hydrogen-bond donors (Lipinski definition) is 2. The Hall–Kier alpha value is -2.10. The van der Waals surface area contributed by atoms with Gasteiger partial charge in [-0.2, -0.15) is 4.98 Å². The molecular formula is C19H26N4. The van der Waals surface area contributed by atoms with E-state index in [4.69, 9.17) is 4.98 Å². The van der Waals surface area contributed by atoms with Gasteiger partial charge >= 0.3 is 0 Å². The fourth-order valence-corrected chi connectivity index (χ4v) is 2.53. The van der Waals surface area contributed by atoms with Gasteiger partial charge in [0.25, 0.3) is 0 Å². The zero-order valence-corrected chi connectivity index (χ0v) is 14.7. The largest absolute Gasteiger partial charge is 0.350 e. The molecule has 0 bridgehead atoms. The Bertz CT molecular complexity index is 712. The van der Waals surface area contributed by atoms with Crippen molar-refractivity contribution in [3.63, 3.8) is 0 Å². The Balaban J connectivity index is 1.92. The summed E-state index contributed by atoms with van der Waals surface area (Å²) in [6.45, 7) is 10.6. The Kier molecular flexibility index (Phi) is 4.00. The van der Waals surface area contributed by atoms with Crippen LogP contribution >= 0.6 is 0 Å². The lowest BCUT2D eigenvalue weighted by Crippen LogP contribution is -2.27. The molecule has 4 nitrogen and oxygen atoms in total. The van der Waals surface area contributed by atoms with Crippen LogP contribution < -0.4 is 10.6 Å².